The molecule has 0 aliphatic rings. The van der Waals surface area contributed by atoms with Gasteiger partial charge in [-0.1, -0.05) is 53.4 Å². The Morgan fingerprint density at radius 1 is 1.00 bits per heavy atom. The molecule has 0 aromatic rings. The minimum absolute atomic E-state index is 0.832. The van der Waals surface area contributed by atoms with Crippen LogP contribution in [-0.2, 0) is 0 Å². The van der Waals surface area contributed by atoms with Crippen molar-refractivity contribution in [3.63, 3.8) is 0 Å². The third kappa shape index (κ3) is 6.12. The maximum atomic E-state index is 2.39. The van der Waals surface area contributed by atoms with Gasteiger partial charge in [-0.3, -0.25) is 0 Å². The van der Waals surface area contributed by atoms with E-state index in [1.54, 1.807) is 0 Å². The van der Waals surface area contributed by atoms with Gasteiger partial charge in [0.2, 0.25) is 0 Å². The Bertz CT molecular complexity index is 92.2. The quantitative estimate of drug-likeness (QED) is 0.512. The molecule has 78 valence electrons. The van der Waals surface area contributed by atoms with Gasteiger partial charge in [0.1, 0.15) is 0 Å². The summed E-state index contributed by atoms with van der Waals surface area (Å²) in [6.45, 7) is 8.97. The number of hydrogen-bond acceptors (Lipinski definition) is 0. The lowest BCUT2D eigenvalue weighted by atomic mass is 9.86. The standard InChI is InChI=1S/C13H26/c1-5-9-10-13(8-4)11-12(6-2)7-3/h6,8,12-13H,5,7,9-11H2,1-4H3. The fourth-order valence-electron chi connectivity index (χ4n) is 1.81. The third-order valence-electron chi connectivity index (χ3n) is 3.00. The van der Waals surface area contributed by atoms with E-state index >= 15 is 0 Å². The number of unbranched alkanes of at least 4 members (excludes halogenated alkanes) is 1. The van der Waals surface area contributed by atoms with Gasteiger partial charge < -0.3 is 0 Å². The van der Waals surface area contributed by atoms with E-state index in [-0.39, 0.29) is 0 Å². The Morgan fingerprint density at radius 2 is 1.62 bits per heavy atom. The fourth-order valence-corrected chi connectivity index (χ4v) is 1.81. The van der Waals surface area contributed by atoms with Gasteiger partial charge in [0.25, 0.3) is 0 Å². The minimum Gasteiger partial charge on any atom is -0.0654 e. The van der Waals surface area contributed by atoms with Crippen LogP contribution in [0.25, 0.3) is 0 Å². The summed E-state index contributed by atoms with van der Waals surface area (Å²) in [7, 11) is 0. The second-order valence-electron chi connectivity index (χ2n) is 3.97. The Hall–Kier alpha value is 0. The first-order valence-electron chi connectivity index (χ1n) is 5.87. The molecule has 0 aromatic carbocycles. The Labute approximate surface area is 85.1 Å². The zero-order valence-electron chi connectivity index (χ0n) is 9.84. The molecule has 0 saturated heterocycles. The first-order chi connectivity index (χ1) is 6.28. The molecule has 0 N–H and O–H groups in total. The van der Waals surface area contributed by atoms with Crippen molar-refractivity contribution in [2.45, 2.75) is 59.8 Å². The maximum absolute atomic E-state index is 2.39. The van der Waals surface area contributed by atoms with Crippen molar-refractivity contribution < 1.29 is 0 Å². The summed E-state index contributed by atoms with van der Waals surface area (Å²) in [6.07, 6.45) is 11.5. The molecule has 0 saturated carbocycles. The van der Waals surface area contributed by atoms with Crippen LogP contribution in [0.4, 0.5) is 0 Å². The average molecular weight is 182 g/mol. The van der Waals surface area contributed by atoms with Crippen LogP contribution in [-0.4, -0.2) is 0 Å². The molecule has 2 atom stereocenters. The topological polar surface area (TPSA) is 0 Å². The minimum atomic E-state index is 0.832. The van der Waals surface area contributed by atoms with Crippen LogP contribution < -0.4 is 0 Å². The van der Waals surface area contributed by atoms with E-state index < -0.39 is 0 Å². The average Bonchev–Trinajstić information content (AvgIpc) is 2.19. The lowest BCUT2D eigenvalue weighted by molar-refractivity contribution is 0.402. The molecule has 0 fully saturated rings. The molecule has 0 heterocycles. The second kappa shape index (κ2) is 8.59. The summed E-state index contributed by atoms with van der Waals surface area (Å²) in [5, 5.41) is 0. The van der Waals surface area contributed by atoms with Gasteiger partial charge in [0, 0.05) is 0 Å². The molecule has 0 aliphatic carbocycles. The van der Waals surface area contributed by atoms with Gasteiger partial charge in [-0.25, -0.2) is 0 Å². The van der Waals surface area contributed by atoms with E-state index in [4.69, 9.17) is 0 Å². The lowest BCUT2D eigenvalue weighted by Gasteiger charge is -2.19. The molecule has 0 nitrogen and oxygen atoms in total. The van der Waals surface area contributed by atoms with E-state index in [2.05, 4.69) is 40.5 Å². The van der Waals surface area contributed by atoms with Crippen LogP contribution in [0.2, 0.25) is 0 Å². The zero-order chi connectivity index (χ0) is 10.1. The van der Waals surface area contributed by atoms with E-state index in [0.29, 0.717) is 0 Å². The van der Waals surface area contributed by atoms with E-state index in [1.807, 2.05) is 0 Å². The van der Waals surface area contributed by atoms with Gasteiger partial charge in [-0.05, 0) is 31.1 Å². The molecule has 0 aliphatic heterocycles. The van der Waals surface area contributed by atoms with Gasteiger partial charge in [0.15, 0.2) is 0 Å². The van der Waals surface area contributed by atoms with Crippen molar-refractivity contribution in [1.29, 1.82) is 0 Å². The summed E-state index contributed by atoms with van der Waals surface area (Å²) < 4.78 is 0. The highest BCUT2D eigenvalue weighted by molar-refractivity contribution is 4.79. The van der Waals surface area contributed by atoms with Gasteiger partial charge in [-0.15, -0.1) is 0 Å². The van der Waals surface area contributed by atoms with Gasteiger partial charge >= 0.3 is 0 Å². The first-order valence-corrected chi connectivity index (χ1v) is 5.87. The zero-order valence-corrected chi connectivity index (χ0v) is 9.84. The second-order valence-corrected chi connectivity index (χ2v) is 3.97. The Kier molecular flexibility index (Phi) is 8.59. The molecule has 2 unspecified atom stereocenters. The van der Waals surface area contributed by atoms with Crippen molar-refractivity contribution in [3.05, 3.63) is 12.8 Å². The summed E-state index contributed by atoms with van der Waals surface area (Å²) >= 11 is 0. The van der Waals surface area contributed by atoms with Gasteiger partial charge in [0.05, 0.1) is 0 Å². The molecule has 0 amide bonds. The number of hydrogen-bond donors (Lipinski definition) is 0. The number of rotatable bonds is 8. The van der Waals surface area contributed by atoms with Crippen molar-refractivity contribution in [3.8, 4) is 0 Å². The monoisotopic (exact) mass is 182 g/mol. The molecule has 2 radical (unpaired) electrons. The highest BCUT2D eigenvalue weighted by atomic mass is 14.2. The van der Waals surface area contributed by atoms with Crippen molar-refractivity contribution in [2.75, 3.05) is 0 Å². The van der Waals surface area contributed by atoms with E-state index in [1.165, 1.54) is 32.1 Å². The van der Waals surface area contributed by atoms with Crippen LogP contribution in [0.15, 0.2) is 0 Å². The summed E-state index contributed by atoms with van der Waals surface area (Å²) in [6, 6.07) is 0. The maximum Gasteiger partial charge on any atom is -0.0383 e. The van der Waals surface area contributed by atoms with Crippen LogP contribution >= 0.6 is 0 Å². The first kappa shape index (κ1) is 13.0. The highest BCUT2D eigenvalue weighted by Gasteiger charge is 2.11. The van der Waals surface area contributed by atoms with E-state index in [0.717, 1.165) is 11.8 Å². The molecule has 0 bridgehead atoms. The molecular weight excluding hydrogens is 156 g/mol. The normalized spacial score (nSPS) is 13.6. The predicted octanol–water partition coefficient (Wildman–Crippen LogP) is 4.66. The summed E-state index contributed by atoms with van der Waals surface area (Å²) in [4.78, 5) is 0. The van der Waals surface area contributed by atoms with Gasteiger partial charge in [-0.2, -0.15) is 0 Å². The SMILES string of the molecule is C[CH]C(CC)CC([CH]C)CCCC. The largest absolute Gasteiger partial charge is 0.0654 e. The van der Waals surface area contributed by atoms with Crippen LogP contribution in [0.1, 0.15) is 59.8 Å². The summed E-state index contributed by atoms with van der Waals surface area (Å²) in [5.74, 6) is 1.68. The van der Waals surface area contributed by atoms with E-state index in [9.17, 15) is 0 Å². The highest BCUT2D eigenvalue weighted by Crippen LogP contribution is 2.24. The molecule has 0 aromatic heterocycles. The molecule has 0 spiro atoms. The van der Waals surface area contributed by atoms with Crippen molar-refractivity contribution in [1.82, 2.24) is 0 Å². The molecule has 13 heavy (non-hydrogen) atoms. The lowest BCUT2D eigenvalue weighted by Crippen LogP contribution is -2.08. The third-order valence-corrected chi connectivity index (χ3v) is 3.00. The molecule has 0 rings (SSSR count). The van der Waals surface area contributed by atoms with Crippen molar-refractivity contribution in [2.24, 2.45) is 11.8 Å². The molecular formula is C13H26. The Balaban J connectivity index is 3.67. The predicted molar refractivity (Wildman–Crippen MR) is 61.4 cm³/mol. The van der Waals surface area contributed by atoms with Crippen LogP contribution in [0.3, 0.4) is 0 Å². The summed E-state index contributed by atoms with van der Waals surface area (Å²) in [5.41, 5.74) is 0. The van der Waals surface area contributed by atoms with Crippen LogP contribution in [0, 0.1) is 24.7 Å². The van der Waals surface area contributed by atoms with Crippen molar-refractivity contribution >= 4 is 0 Å². The fraction of sp³-hybridized carbons (Fsp3) is 0.846. The smallest absolute Gasteiger partial charge is 0.0383 e. The molecule has 0 heteroatoms. The van der Waals surface area contributed by atoms with Crippen LogP contribution in [0.5, 0.6) is 0 Å². The Morgan fingerprint density at radius 3 is 2.00 bits per heavy atom.